The van der Waals surface area contributed by atoms with Gasteiger partial charge in [-0.25, -0.2) is 0 Å². The molecule has 0 unspecified atom stereocenters. The molecule has 0 saturated carbocycles. The summed E-state index contributed by atoms with van der Waals surface area (Å²) in [6.45, 7) is 0.753. The molecule has 0 spiro atoms. The quantitative estimate of drug-likeness (QED) is 0.854. The molecule has 2 aromatic rings. The first kappa shape index (κ1) is 10.8. The van der Waals surface area contributed by atoms with Crippen LogP contribution in [0.25, 0.3) is 0 Å². The Balaban J connectivity index is 2.17. The van der Waals surface area contributed by atoms with Gasteiger partial charge in [0, 0.05) is 18.3 Å². The van der Waals surface area contributed by atoms with E-state index in [0.29, 0.717) is 6.54 Å². The van der Waals surface area contributed by atoms with Crippen molar-refractivity contribution < 1.29 is 9.52 Å². The Morgan fingerprint density at radius 3 is 2.69 bits per heavy atom. The van der Waals surface area contributed by atoms with Gasteiger partial charge in [0.15, 0.2) is 0 Å². The highest BCUT2D eigenvalue weighted by Crippen LogP contribution is 2.20. The molecule has 0 aliphatic rings. The molecule has 2 rings (SSSR count). The number of anilines is 1. The zero-order valence-corrected chi connectivity index (χ0v) is 9.26. The second kappa shape index (κ2) is 4.86. The van der Waals surface area contributed by atoms with Crippen LogP contribution in [0.2, 0.25) is 0 Å². The van der Waals surface area contributed by atoms with Gasteiger partial charge in [0.05, 0.1) is 19.4 Å². The van der Waals surface area contributed by atoms with Gasteiger partial charge in [-0.1, -0.05) is 18.2 Å². The predicted molar refractivity (Wildman–Crippen MR) is 63.2 cm³/mol. The molecule has 1 aromatic carbocycles. The lowest BCUT2D eigenvalue weighted by Gasteiger charge is -2.20. The van der Waals surface area contributed by atoms with Crippen molar-refractivity contribution in [1.29, 1.82) is 0 Å². The number of aliphatic hydroxyl groups is 1. The van der Waals surface area contributed by atoms with Crippen LogP contribution in [0.1, 0.15) is 11.3 Å². The minimum absolute atomic E-state index is 0.0542. The van der Waals surface area contributed by atoms with Crippen LogP contribution in [0, 0.1) is 0 Å². The molecule has 0 bridgehead atoms. The highest BCUT2D eigenvalue weighted by atomic mass is 16.3. The van der Waals surface area contributed by atoms with Crippen LogP contribution in [0.15, 0.2) is 47.1 Å². The lowest BCUT2D eigenvalue weighted by molar-refractivity contribution is 0.282. The van der Waals surface area contributed by atoms with Crippen LogP contribution < -0.4 is 4.90 Å². The van der Waals surface area contributed by atoms with Crippen molar-refractivity contribution in [2.75, 3.05) is 11.9 Å². The average molecular weight is 217 g/mol. The van der Waals surface area contributed by atoms with Crippen LogP contribution in [-0.2, 0) is 13.2 Å². The molecule has 0 atom stereocenters. The minimum atomic E-state index is 0.0542. The van der Waals surface area contributed by atoms with Gasteiger partial charge in [0.2, 0.25) is 0 Å². The first-order valence-corrected chi connectivity index (χ1v) is 5.23. The Hall–Kier alpha value is -1.74. The van der Waals surface area contributed by atoms with Gasteiger partial charge in [-0.2, -0.15) is 0 Å². The van der Waals surface area contributed by atoms with E-state index in [2.05, 4.69) is 4.90 Å². The van der Waals surface area contributed by atoms with E-state index in [0.717, 1.165) is 17.0 Å². The largest absolute Gasteiger partial charge is 0.467 e. The fourth-order valence-electron chi connectivity index (χ4n) is 1.74. The van der Waals surface area contributed by atoms with Crippen molar-refractivity contribution in [3.8, 4) is 0 Å². The minimum Gasteiger partial charge on any atom is -0.467 e. The summed E-state index contributed by atoms with van der Waals surface area (Å²) >= 11 is 0. The number of nitrogens with zero attached hydrogens (tertiary/aromatic N) is 1. The van der Waals surface area contributed by atoms with Gasteiger partial charge in [-0.15, -0.1) is 0 Å². The maximum absolute atomic E-state index is 9.24. The summed E-state index contributed by atoms with van der Waals surface area (Å²) in [7, 11) is 1.98. The third kappa shape index (κ3) is 2.25. The van der Waals surface area contributed by atoms with E-state index in [1.807, 2.05) is 43.4 Å². The van der Waals surface area contributed by atoms with Crippen molar-refractivity contribution >= 4 is 5.69 Å². The van der Waals surface area contributed by atoms with Crippen LogP contribution in [0.4, 0.5) is 5.69 Å². The topological polar surface area (TPSA) is 36.6 Å². The van der Waals surface area contributed by atoms with Gasteiger partial charge in [-0.3, -0.25) is 0 Å². The summed E-state index contributed by atoms with van der Waals surface area (Å²) in [6.07, 6.45) is 1.67. The molecular formula is C13H15NO2. The first-order chi connectivity index (χ1) is 7.81. The third-order valence-corrected chi connectivity index (χ3v) is 2.55. The molecule has 16 heavy (non-hydrogen) atoms. The van der Waals surface area contributed by atoms with E-state index in [-0.39, 0.29) is 6.61 Å². The Morgan fingerprint density at radius 2 is 2.00 bits per heavy atom. The zero-order chi connectivity index (χ0) is 11.4. The van der Waals surface area contributed by atoms with Crippen LogP contribution >= 0.6 is 0 Å². The molecule has 3 nitrogen and oxygen atoms in total. The molecule has 0 saturated heterocycles. The molecule has 3 heteroatoms. The summed E-state index contributed by atoms with van der Waals surface area (Å²) in [5.41, 5.74) is 1.96. The van der Waals surface area contributed by atoms with E-state index >= 15 is 0 Å². The second-order valence-corrected chi connectivity index (χ2v) is 3.72. The maximum Gasteiger partial charge on any atom is 0.123 e. The standard InChI is InChI=1S/C13H15NO2/c1-14(9-12-6-4-8-16-12)13-7-3-2-5-11(13)10-15/h2-8,15H,9-10H2,1H3. The average Bonchev–Trinajstić information content (AvgIpc) is 2.81. The van der Waals surface area contributed by atoms with E-state index in [4.69, 9.17) is 4.42 Å². The molecule has 1 N–H and O–H groups in total. The van der Waals surface area contributed by atoms with Crippen molar-refractivity contribution in [3.05, 3.63) is 54.0 Å². The smallest absolute Gasteiger partial charge is 0.123 e. The lowest BCUT2D eigenvalue weighted by Crippen LogP contribution is -2.17. The molecule has 0 fully saturated rings. The molecule has 1 aromatic heterocycles. The Bertz CT molecular complexity index is 437. The number of benzene rings is 1. The molecule has 0 aliphatic carbocycles. The van der Waals surface area contributed by atoms with Crippen LogP contribution in [0.3, 0.4) is 0 Å². The number of hydrogen-bond acceptors (Lipinski definition) is 3. The molecule has 84 valence electrons. The summed E-state index contributed by atoms with van der Waals surface area (Å²) in [5.74, 6) is 0.912. The Kier molecular flexibility index (Phi) is 3.27. The van der Waals surface area contributed by atoms with E-state index in [1.165, 1.54) is 0 Å². The molecule has 1 heterocycles. The van der Waals surface area contributed by atoms with Crippen molar-refractivity contribution in [1.82, 2.24) is 0 Å². The van der Waals surface area contributed by atoms with Crippen molar-refractivity contribution in [2.24, 2.45) is 0 Å². The SMILES string of the molecule is CN(Cc1ccco1)c1ccccc1CO. The maximum atomic E-state index is 9.24. The van der Waals surface area contributed by atoms with E-state index in [9.17, 15) is 5.11 Å². The highest BCUT2D eigenvalue weighted by molar-refractivity contribution is 5.52. The number of rotatable bonds is 4. The second-order valence-electron chi connectivity index (χ2n) is 3.72. The zero-order valence-electron chi connectivity index (χ0n) is 9.26. The normalized spacial score (nSPS) is 10.4. The first-order valence-electron chi connectivity index (χ1n) is 5.23. The lowest BCUT2D eigenvalue weighted by atomic mass is 10.1. The van der Waals surface area contributed by atoms with Gasteiger partial charge >= 0.3 is 0 Å². The van der Waals surface area contributed by atoms with Gasteiger partial charge < -0.3 is 14.4 Å². The molecular weight excluding hydrogens is 202 g/mol. The Labute approximate surface area is 94.9 Å². The van der Waals surface area contributed by atoms with Gasteiger partial charge in [0.1, 0.15) is 5.76 Å². The van der Waals surface area contributed by atoms with Gasteiger partial charge in [-0.05, 0) is 18.2 Å². The number of aliphatic hydroxyl groups excluding tert-OH is 1. The molecule has 0 radical (unpaired) electrons. The number of hydrogen-bond donors (Lipinski definition) is 1. The number of furan rings is 1. The van der Waals surface area contributed by atoms with Gasteiger partial charge in [0.25, 0.3) is 0 Å². The van der Waals surface area contributed by atoms with Crippen molar-refractivity contribution in [3.63, 3.8) is 0 Å². The van der Waals surface area contributed by atoms with Crippen molar-refractivity contribution in [2.45, 2.75) is 13.2 Å². The summed E-state index contributed by atoms with van der Waals surface area (Å²) in [4.78, 5) is 2.06. The fraction of sp³-hybridized carbons (Fsp3) is 0.231. The fourth-order valence-corrected chi connectivity index (χ4v) is 1.74. The predicted octanol–water partition coefficient (Wildman–Crippen LogP) is 2.41. The molecule has 0 aliphatic heterocycles. The molecule has 0 amide bonds. The number of para-hydroxylation sites is 1. The highest BCUT2D eigenvalue weighted by Gasteiger charge is 2.07. The Morgan fingerprint density at radius 1 is 1.19 bits per heavy atom. The summed E-state index contributed by atoms with van der Waals surface area (Å²) < 4.78 is 5.29. The third-order valence-electron chi connectivity index (χ3n) is 2.55. The van der Waals surface area contributed by atoms with E-state index < -0.39 is 0 Å². The summed E-state index contributed by atoms with van der Waals surface area (Å²) in [6, 6.07) is 11.6. The van der Waals surface area contributed by atoms with Crippen LogP contribution in [0.5, 0.6) is 0 Å². The van der Waals surface area contributed by atoms with E-state index in [1.54, 1.807) is 6.26 Å². The van der Waals surface area contributed by atoms with Crippen LogP contribution in [-0.4, -0.2) is 12.2 Å². The summed E-state index contributed by atoms with van der Waals surface area (Å²) in [5, 5.41) is 9.24. The monoisotopic (exact) mass is 217 g/mol.